The third kappa shape index (κ3) is 3.80. The number of nitrogens with one attached hydrogen (secondary N) is 1. The van der Waals surface area contributed by atoms with Crippen LogP contribution in [0.3, 0.4) is 0 Å². The van der Waals surface area contributed by atoms with Crippen molar-refractivity contribution in [3.8, 4) is 0 Å². The molecule has 0 aliphatic carbocycles. The highest BCUT2D eigenvalue weighted by Gasteiger charge is 2.31. The lowest BCUT2D eigenvalue weighted by atomic mass is 10.1. The molecule has 1 atom stereocenters. The number of benzene rings is 1. The summed E-state index contributed by atoms with van der Waals surface area (Å²) in [4.78, 5) is 15.2. The highest BCUT2D eigenvalue weighted by Crippen LogP contribution is 2.26. The number of likely N-dealkylation sites (tertiary alicyclic amines) is 1. The molecule has 2 heterocycles. The number of amides is 1. The van der Waals surface area contributed by atoms with Crippen molar-refractivity contribution < 1.29 is 13.2 Å². The summed E-state index contributed by atoms with van der Waals surface area (Å²) in [5.74, 6) is -0.0593. The normalized spacial score (nSPS) is 21.9. The first-order valence-electron chi connectivity index (χ1n) is 9.51. The van der Waals surface area contributed by atoms with Gasteiger partial charge >= 0.3 is 0 Å². The first kappa shape index (κ1) is 19.3. The van der Waals surface area contributed by atoms with E-state index in [-0.39, 0.29) is 16.8 Å². The molecule has 1 amide bonds. The van der Waals surface area contributed by atoms with Crippen molar-refractivity contribution in [2.75, 3.05) is 33.2 Å². The lowest BCUT2D eigenvalue weighted by Gasteiger charge is -2.27. The van der Waals surface area contributed by atoms with Crippen LogP contribution in [0.4, 0.5) is 0 Å². The maximum atomic E-state index is 13.1. The van der Waals surface area contributed by atoms with E-state index in [0.717, 1.165) is 50.8 Å². The summed E-state index contributed by atoms with van der Waals surface area (Å²) < 4.78 is 27.5. The third-order valence-corrected chi connectivity index (χ3v) is 7.36. The van der Waals surface area contributed by atoms with E-state index >= 15 is 0 Å². The zero-order valence-electron chi connectivity index (χ0n) is 15.7. The highest BCUT2D eigenvalue weighted by molar-refractivity contribution is 7.89. The molecule has 2 aliphatic rings. The van der Waals surface area contributed by atoms with Gasteiger partial charge in [-0.2, -0.15) is 4.31 Å². The van der Waals surface area contributed by atoms with E-state index in [1.165, 1.54) is 0 Å². The van der Waals surface area contributed by atoms with E-state index in [1.807, 2.05) is 18.9 Å². The first-order chi connectivity index (χ1) is 12.4. The maximum Gasteiger partial charge on any atom is 0.254 e. The lowest BCUT2D eigenvalue weighted by molar-refractivity contribution is 0.0736. The molecule has 0 aromatic heterocycles. The second-order valence-corrected chi connectivity index (χ2v) is 9.23. The molecule has 1 aromatic carbocycles. The molecule has 0 spiro atoms. The van der Waals surface area contributed by atoms with Gasteiger partial charge < -0.3 is 10.2 Å². The largest absolute Gasteiger partial charge is 0.334 e. The standard InChI is InChI=1S/C19H29N3O3S/c1-15-8-9-17(26(24,25)21-10-4-3-5-11-21)13-18(15)19(23)22-12-6-7-16(22)14-20-2/h8-9,13,16,20H,3-7,10-12,14H2,1-2H3. The maximum absolute atomic E-state index is 13.1. The molecule has 1 N–H and O–H groups in total. The van der Waals surface area contributed by atoms with Gasteiger partial charge in [-0.05, 0) is 57.4 Å². The van der Waals surface area contributed by atoms with E-state index in [4.69, 9.17) is 0 Å². The number of carbonyl (C=O) groups excluding carboxylic acids is 1. The summed E-state index contributed by atoms with van der Waals surface area (Å²) in [7, 11) is -1.64. The van der Waals surface area contributed by atoms with Crippen LogP contribution in [-0.2, 0) is 10.0 Å². The zero-order valence-corrected chi connectivity index (χ0v) is 16.5. The quantitative estimate of drug-likeness (QED) is 0.849. The average Bonchev–Trinajstić information content (AvgIpc) is 3.11. The Hall–Kier alpha value is -1.44. The molecule has 2 fully saturated rings. The van der Waals surface area contributed by atoms with Crippen LogP contribution in [0.5, 0.6) is 0 Å². The summed E-state index contributed by atoms with van der Waals surface area (Å²) >= 11 is 0. The van der Waals surface area contributed by atoms with Gasteiger partial charge in [-0.1, -0.05) is 12.5 Å². The number of aryl methyl sites for hydroxylation is 1. The van der Waals surface area contributed by atoms with Crippen LogP contribution in [0.2, 0.25) is 0 Å². The molecule has 1 unspecified atom stereocenters. The van der Waals surface area contributed by atoms with Gasteiger partial charge in [0.15, 0.2) is 0 Å². The Morgan fingerprint density at radius 1 is 1.15 bits per heavy atom. The summed E-state index contributed by atoms with van der Waals surface area (Å²) in [6.45, 7) is 4.49. The van der Waals surface area contributed by atoms with Crippen molar-refractivity contribution in [3.05, 3.63) is 29.3 Å². The molecule has 2 saturated heterocycles. The fraction of sp³-hybridized carbons (Fsp3) is 0.632. The van der Waals surface area contributed by atoms with E-state index in [0.29, 0.717) is 18.7 Å². The van der Waals surface area contributed by atoms with Crippen LogP contribution in [-0.4, -0.2) is 62.8 Å². The Morgan fingerprint density at radius 2 is 1.88 bits per heavy atom. The van der Waals surface area contributed by atoms with Crippen LogP contribution in [0.1, 0.15) is 48.0 Å². The summed E-state index contributed by atoms with van der Waals surface area (Å²) in [6.07, 6.45) is 4.85. The Labute approximate surface area is 156 Å². The second-order valence-electron chi connectivity index (χ2n) is 7.29. The Bertz CT molecular complexity index is 757. The van der Waals surface area contributed by atoms with Gasteiger partial charge in [-0.25, -0.2) is 8.42 Å². The molecule has 144 valence electrons. The molecule has 3 rings (SSSR count). The third-order valence-electron chi connectivity index (χ3n) is 5.47. The summed E-state index contributed by atoms with van der Waals surface area (Å²) in [6, 6.07) is 5.14. The average molecular weight is 380 g/mol. The zero-order chi connectivity index (χ0) is 18.7. The Morgan fingerprint density at radius 3 is 2.58 bits per heavy atom. The number of carbonyl (C=O) groups is 1. The highest BCUT2D eigenvalue weighted by atomic mass is 32.2. The fourth-order valence-corrected chi connectivity index (χ4v) is 5.50. The molecular weight excluding hydrogens is 350 g/mol. The van der Waals surface area contributed by atoms with Crippen LogP contribution in [0.25, 0.3) is 0 Å². The number of sulfonamides is 1. The van der Waals surface area contributed by atoms with E-state index in [1.54, 1.807) is 22.5 Å². The fourth-order valence-electron chi connectivity index (χ4n) is 3.95. The van der Waals surface area contributed by atoms with Gasteiger partial charge in [-0.15, -0.1) is 0 Å². The van der Waals surface area contributed by atoms with E-state index in [9.17, 15) is 13.2 Å². The van der Waals surface area contributed by atoms with E-state index < -0.39 is 10.0 Å². The van der Waals surface area contributed by atoms with Crippen LogP contribution in [0.15, 0.2) is 23.1 Å². The van der Waals surface area contributed by atoms with Crippen LogP contribution in [0, 0.1) is 6.92 Å². The molecule has 1 aromatic rings. The van der Waals surface area contributed by atoms with Crippen molar-refractivity contribution in [1.82, 2.24) is 14.5 Å². The molecule has 0 saturated carbocycles. The van der Waals surface area contributed by atoms with Crippen molar-refractivity contribution in [1.29, 1.82) is 0 Å². The van der Waals surface area contributed by atoms with Crippen LogP contribution < -0.4 is 5.32 Å². The van der Waals surface area contributed by atoms with E-state index in [2.05, 4.69) is 5.32 Å². The minimum absolute atomic E-state index is 0.0593. The number of piperidine rings is 1. The van der Waals surface area contributed by atoms with Gasteiger partial charge in [0, 0.05) is 37.8 Å². The van der Waals surface area contributed by atoms with Gasteiger partial charge in [0.25, 0.3) is 5.91 Å². The minimum Gasteiger partial charge on any atom is -0.334 e. The van der Waals surface area contributed by atoms with Crippen molar-refractivity contribution in [3.63, 3.8) is 0 Å². The molecule has 2 aliphatic heterocycles. The summed E-state index contributed by atoms with van der Waals surface area (Å²) in [5.41, 5.74) is 1.33. The van der Waals surface area contributed by atoms with Gasteiger partial charge in [-0.3, -0.25) is 4.79 Å². The van der Waals surface area contributed by atoms with Crippen LogP contribution >= 0.6 is 0 Å². The molecular formula is C19H29N3O3S. The smallest absolute Gasteiger partial charge is 0.254 e. The van der Waals surface area contributed by atoms with Gasteiger partial charge in [0.2, 0.25) is 10.0 Å². The van der Waals surface area contributed by atoms with Crippen molar-refractivity contribution >= 4 is 15.9 Å². The number of nitrogens with zero attached hydrogens (tertiary/aromatic N) is 2. The van der Waals surface area contributed by atoms with Gasteiger partial charge in [0.1, 0.15) is 0 Å². The summed E-state index contributed by atoms with van der Waals surface area (Å²) in [5, 5.41) is 3.14. The minimum atomic E-state index is -3.53. The number of likely N-dealkylation sites (N-methyl/N-ethyl adjacent to an activating group) is 1. The molecule has 0 radical (unpaired) electrons. The topological polar surface area (TPSA) is 69.7 Å². The predicted molar refractivity (Wildman–Crippen MR) is 102 cm³/mol. The molecule has 7 heteroatoms. The first-order valence-corrected chi connectivity index (χ1v) is 11.0. The van der Waals surface area contributed by atoms with Crippen molar-refractivity contribution in [2.45, 2.75) is 50.0 Å². The number of rotatable bonds is 5. The predicted octanol–water partition coefficient (Wildman–Crippen LogP) is 1.99. The number of hydrogen-bond acceptors (Lipinski definition) is 4. The SMILES string of the molecule is CNCC1CCCN1C(=O)c1cc(S(=O)(=O)N2CCCCC2)ccc1C. The molecule has 6 nitrogen and oxygen atoms in total. The Balaban J connectivity index is 1.89. The monoisotopic (exact) mass is 379 g/mol. The van der Waals surface area contributed by atoms with Crippen molar-refractivity contribution in [2.24, 2.45) is 0 Å². The second kappa shape index (κ2) is 8.06. The Kier molecular flexibility index (Phi) is 5.99. The molecule has 26 heavy (non-hydrogen) atoms. The molecule has 0 bridgehead atoms. The van der Waals surface area contributed by atoms with Gasteiger partial charge in [0.05, 0.1) is 4.90 Å². The number of hydrogen-bond donors (Lipinski definition) is 1. The lowest BCUT2D eigenvalue weighted by Crippen LogP contribution is -2.41.